The van der Waals surface area contributed by atoms with Crippen LogP contribution in [0.15, 0.2) is 0 Å². The van der Waals surface area contributed by atoms with Gasteiger partial charge >= 0.3 is 0 Å². The highest BCUT2D eigenvalue weighted by atomic mass is 35.5. The van der Waals surface area contributed by atoms with Crippen molar-refractivity contribution in [2.45, 2.75) is 58.9 Å². The van der Waals surface area contributed by atoms with E-state index in [4.69, 9.17) is 11.6 Å². The molecule has 1 aliphatic carbocycles. The molecular formula is C16H28ClN3. The second-order valence-electron chi connectivity index (χ2n) is 6.40. The van der Waals surface area contributed by atoms with Gasteiger partial charge in [0.1, 0.15) is 0 Å². The van der Waals surface area contributed by atoms with Gasteiger partial charge in [0.25, 0.3) is 0 Å². The average Bonchev–Trinajstić information content (AvgIpc) is 2.95. The zero-order valence-corrected chi connectivity index (χ0v) is 14.0. The molecule has 0 amide bonds. The van der Waals surface area contributed by atoms with Crippen molar-refractivity contribution in [2.24, 2.45) is 18.9 Å². The number of nitrogens with one attached hydrogen (secondary N) is 1. The summed E-state index contributed by atoms with van der Waals surface area (Å²) in [6.07, 6.45) is 6.02. The monoisotopic (exact) mass is 297 g/mol. The molecule has 1 fully saturated rings. The minimum Gasteiger partial charge on any atom is -0.314 e. The molecule has 3 nitrogen and oxygen atoms in total. The van der Waals surface area contributed by atoms with Crippen molar-refractivity contribution in [3.63, 3.8) is 0 Å². The van der Waals surface area contributed by atoms with Gasteiger partial charge < -0.3 is 5.32 Å². The topological polar surface area (TPSA) is 29.9 Å². The summed E-state index contributed by atoms with van der Waals surface area (Å²) in [4.78, 5) is 0. The molecule has 2 atom stereocenters. The van der Waals surface area contributed by atoms with Gasteiger partial charge in [-0.1, -0.05) is 38.8 Å². The van der Waals surface area contributed by atoms with Crippen LogP contribution in [0.25, 0.3) is 0 Å². The van der Waals surface area contributed by atoms with Crippen LogP contribution >= 0.6 is 11.6 Å². The Morgan fingerprint density at radius 2 is 2.05 bits per heavy atom. The van der Waals surface area contributed by atoms with E-state index in [2.05, 4.69) is 31.2 Å². The number of aromatic nitrogens is 2. The third-order valence-corrected chi connectivity index (χ3v) is 5.00. The van der Waals surface area contributed by atoms with E-state index in [1.165, 1.54) is 25.0 Å². The van der Waals surface area contributed by atoms with Crippen LogP contribution in [0.1, 0.15) is 51.4 Å². The van der Waals surface area contributed by atoms with Crippen molar-refractivity contribution in [2.75, 3.05) is 6.54 Å². The van der Waals surface area contributed by atoms with Crippen LogP contribution in [-0.2, 0) is 19.9 Å². The Balaban J connectivity index is 2.03. The molecule has 0 radical (unpaired) electrons. The molecule has 0 saturated heterocycles. The third-order valence-electron chi connectivity index (χ3n) is 4.56. The van der Waals surface area contributed by atoms with Gasteiger partial charge in [0.2, 0.25) is 0 Å². The lowest BCUT2D eigenvalue weighted by Gasteiger charge is -2.21. The van der Waals surface area contributed by atoms with E-state index in [1.807, 2.05) is 11.7 Å². The predicted octanol–water partition coefficient (Wildman–Crippen LogP) is 3.59. The Hall–Kier alpha value is -0.540. The fraction of sp³-hybridized carbons (Fsp3) is 0.812. The van der Waals surface area contributed by atoms with Crippen molar-refractivity contribution >= 4 is 11.6 Å². The van der Waals surface area contributed by atoms with Crippen molar-refractivity contribution in [3.8, 4) is 0 Å². The van der Waals surface area contributed by atoms with E-state index in [-0.39, 0.29) is 0 Å². The van der Waals surface area contributed by atoms with E-state index in [0.29, 0.717) is 6.04 Å². The number of rotatable bonds is 6. The van der Waals surface area contributed by atoms with Crippen LogP contribution in [-0.4, -0.2) is 22.4 Å². The largest absolute Gasteiger partial charge is 0.314 e. The summed E-state index contributed by atoms with van der Waals surface area (Å²) in [7, 11) is 2.02. The highest BCUT2D eigenvalue weighted by Crippen LogP contribution is 2.35. The highest BCUT2D eigenvalue weighted by molar-refractivity contribution is 6.31. The first kappa shape index (κ1) is 15.8. The van der Waals surface area contributed by atoms with Crippen molar-refractivity contribution < 1.29 is 0 Å². The smallest absolute Gasteiger partial charge is 0.0849 e. The molecule has 1 aliphatic rings. The van der Waals surface area contributed by atoms with Gasteiger partial charge in [-0.05, 0) is 44.1 Å². The Bertz CT molecular complexity index is 439. The molecule has 1 heterocycles. The molecule has 0 aromatic carbocycles. The van der Waals surface area contributed by atoms with Gasteiger partial charge in [0.05, 0.1) is 16.4 Å². The third kappa shape index (κ3) is 3.56. The first-order chi connectivity index (χ1) is 9.52. The minimum atomic E-state index is 0.572. The molecule has 2 unspecified atom stereocenters. The molecule has 0 bridgehead atoms. The van der Waals surface area contributed by atoms with Gasteiger partial charge in [-0.2, -0.15) is 5.10 Å². The molecular weight excluding hydrogens is 270 g/mol. The van der Waals surface area contributed by atoms with Gasteiger partial charge in [-0.25, -0.2) is 0 Å². The first-order valence-corrected chi connectivity index (χ1v) is 8.34. The quantitative estimate of drug-likeness (QED) is 0.869. The van der Waals surface area contributed by atoms with E-state index in [0.717, 1.165) is 41.9 Å². The zero-order chi connectivity index (χ0) is 14.7. The fourth-order valence-corrected chi connectivity index (χ4v) is 3.70. The molecule has 4 heteroatoms. The highest BCUT2D eigenvalue weighted by Gasteiger charge is 2.29. The summed E-state index contributed by atoms with van der Waals surface area (Å²) in [5.41, 5.74) is 2.27. The lowest BCUT2D eigenvalue weighted by molar-refractivity contribution is 0.349. The summed E-state index contributed by atoms with van der Waals surface area (Å²) < 4.78 is 1.99. The summed E-state index contributed by atoms with van der Waals surface area (Å²) in [5, 5.41) is 9.03. The lowest BCUT2D eigenvalue weighted by Crippen LogP contribution is -2.31. The number of hydrogen-bond donors (Lipinski definition) is 1. The molecule has 1 N–H and O–H groups in total. The number of hydrogen-bond acceptors (Lipinski definition) is 2. The molecule has 0 spiro atoms. The standard InChI is InChI=1S/C16H28ClN3/c1-5-14-16(17)15(20(4)19-14)9-12-7-6-8-13(12)10-18-11(2)3/h11-13,18H,5-10H2,1-4H3. The minimum absolute atomic E-state index is 0.572. The summed E-state index contributed by atoms with van der Waals surface area (Å²) >= 11 is 6.48. The Labute approximate surface area is 128 Å². The van der Waals surface area contributed by atoms with Gasteiger partial charge in [-0.3, -0.25) is 4.68 Å². The Morgan fingerprint density at radius 3 is 2.65 bits per heavy atom. The van der Waals surface area contributed by atoms with E-state index in [1.54, 1.807) is 0 Å². The molecule has 20 heavy (non-hydrogen) atoms. The van der Waals surface area contributed by atoms with Crippen LogP contribution in [0.3, 0.4) is 0 Å². The zero-order valence-electron chi connectivity index (χ0n) is 13.2. The van der Waals surface area contributed by atoms with Crippen molar-refractivity contribution in [1.29, 1.82) is 0 Å². The van der Waals surface area contributed by atoms with Crippen LogP contribution < -0.4 is 5.32 Å². The molecule has 1 aromatic heterocycles. The second kappa shape index (κ2) is 6.95. The van der Waals surface area contributed by atoms with E-state index in [9.17, 15) is 0 Å². The number of halogens is 1. The first-order valence-electron chi connectivity index (χ1n) is 7.96. The average molecular weight is 298 g/mol. The van der Waals surface area contributed by atoms with Gasteiger partial charge in [0, 0.05) is 13.1 Å². The van der Waals surface area contributed by atoms with Crippen LogP contribution in [0.2, 0.25) is 5.02 Å². The van der Waals surface area contributed by atoms with Crippen molar-refractivity contribution in [3.05, 3.63) is 16.4 Å². The van der Waals surface area contributed by atoms with Crippen LogP contribution in [0.5, 0.6) is 0 Å². The number of nitrogens with zero attached hydrogens (tertiary/aromatic N) is 2. The summed E-state index contributed by atoms with van der Waals surface area (Å²) in [6.45, 7) is 7.69. The second-order valence-corrected chi connectivity index (χ2v) is 6.78. The lowest BCUT2D eigenvalue weighted by atomic mass is 9.91. The normalized spacial score (nSPS) is 22.9. The van der Waals surface area contributed by atoms with Gasteiger partial charge in [0.15, 0.2) is 0 Å². The molecule has 114 valence electrons. The van der Waals surface area contributed by atoms with E-state index >= 15 is 0 Å². The van der Waals surface area contributed by atoms with Crippen LogP contribution in [0, 0.1) is 11.8 Å². The molecule has 1 aromatic rings. The maximum absolute atomic E-state index is 6.48. The predicted molar refractivity (Wildman–Crippen MR) is 85.3 cm³/mol. The van der Waals surface area contributed by atoms with Crippen molar-refractivity contribution in [1.82, 2.24) is 15.1 Å². The summed E-state index contributed by atoms with van der Waals surface area (Å²) in [6, 6.07) is 0.572. The molecule has 1 saturated carbocycles. The fourth-order valence-electron chi connectivity index (χ4n) is 3.33. The molecule has 2 rings (SSSR count). The molecule has 0 aliphatic heterocycles. The summed E-state index contributed by atoms with van der Waals surface area (Å²) in [5.74, 6) is 1.53. The van der Waals surface area contributed by atoms with E-state index < -0.39 is 0 Å². The Morgan fingerprint density at radius 1 is 1.35 bits per heavy atom. The SMILES string of the molecule is CCc1nn(C)c(CC2CCCC2CNC(C)C)c1Cl. The number of aryl methyl sites for hydroxylation is 2. The van der Waals surface area contributed by atoms with Gasteiger partial charge in [-0.15, -0.1) is 0 Å². The maximum Gasteiger partial charge on any atom is 0.0849 e. The Kier molecular flexibility index (Phi) is 5.50. The maximum atomic E-state index is 6.48. The van der Waals surface area contributed by atoms with Crippen LogP contribution in [0.4, 0.5) is 0 Å².